The van der Waals surface area contributed by atoms with Crippen LogP contribution in [0.25, 0.3) is 0 Å². The van der Waals surface area contributed by atoms with Crippen molar-refractivity contribution in [1.82, 2.24) is 10.2 Å². The first-order valence-electron chi connectivity index (χ1n) is 9.32. The number of likely N-dealkylation sites (tertiary alicyclic amines) is 1. The summed E-state index contributed by atoms with van der Waals surface area (Å²) in [5.74, 6) is -1.26. The number of rotatable bonds is 6. The van der Waals surface area contributed by atoms with E-state index in [1.165, 1.54) is 4.90 Å². The second-order valence-corrected chi connectivity index (χ2v) is 8.56. The predicted molar refractivity (Wildman–Crippen MR) is 97.2 cm³/mol. The van der Waals surface area contributed by atoms with Crippen molar-refractivity contribution in [3.63, 3.8) is 0 Å². The molecule has 1 saturated carbocycles. The third-order valence-corrected chi connectivity index (χ3v) is 5.22. The number of nitrogens with one attached hydrogen (secondary N) is 1. The van der Waals surface area contributed by atoms with E-state index in [0.717, 1.165) is 0 Å². The number of hydrogen-bond donors (Lipinski definition) is 3. The molecular weight excluding hydrogens is 352 g/mol. The van der Waals surface area contributed by atoms with E-state index in [2.05, 4.69) is 5.32 Å². The summed E-state index contributed by atoms with van der Waals surface area (Å²) in [4.78, 5) is 48.7. The number of primary amides is 2. The highest BCUT2D eigenvalue weighted by Crippen LogP contribution is 2.46. The zero-order valence-corrected chi connectivity index (χ0v) is 16.2. The van der Waals surface area contributed by atoms with Gasteiger partial charge in [-0.2, -0.15) is 0 Å². The van der Waals surface area contributed by atoms with Crippen LogP contribution in [0.15, 0.2) is 0 Å². The zero-order chi connectivity index (χ0) is 20.4. The Kier molecular flexibility index (Phi) is 6.01. The highest BCUT2D eigenvalue weighted by atomic mass is 16.6. The summed E-state index contributed by atoms with van der Waals surface area (Å²) in [6.45, 7) is 5.85. The fourth-order valence-electron chi connectivity index (χ4n) is 3.82. The number of carbonyl (C=O) groups excluding carboxylic acids is 4. The molecule has 152 valence electrons. The molecule has 1 unspecified atom stereocenters. The molecule has 1 atom stereocenters. The van der Waals surface area contributed by atoms with Crippen molar-refractivity contribution in [2.45, 2.75) is 77.0 Å². The van der Waals surface area contributed by atoms with Crippen molar-refractivity contribution in [3.8, 4) is 0 Å². The van der Waals surface area contributed by atoms with Crippen LogP contribution in [-0.2, 0) is 19.1 Å². The molecule has 0 aromatic rings. The molecule has 0 aromatic carbocycles. The maximum absolute atomic E-state index is 12.7. The minimum atomic E-state index is -0.798. The van der Waals surface area contributed by atoms with Gasteiger partial charge in [0, 0.05) is 19.0 Å². The van der Waals surface area contributed by atoms with Crippen LogP contribution in [0, 0.1) is 5.41 Å². The minimum absolute atomic E-state index is 0.00622. The Morgan fingerprint density at radius 2 is 1.85 bits per heavy atom. The fourth-order valence-corrected chi connectivity index (χ4v) is 3.82. The molecule has 0 aromatic heterocycles. The van der Waals surface area contributed by atoms with Gasteiger partial charge in [-0.05, 0) is 52.9 Å². The van der Waals surface area contributed by atoms with Crippen molar-refractivity contribution in [2.24, 2.45) is 16.9 Å². The third-order valence-electron chi connectivity index (χ3n) is 5.22. The highest BCUT2D eigenvalue weighted by Gasteiger charge is 2.55. The van der Waals surface area contributed by atoms with Crippen LogP contribution in [0.2, 0.25) is 0 Å². The normalized spacial score (nSPS) is 26.3. The number of hydrogen-bond acceptors (Lipinski definition) is 5. The van der Waals surface area contributed by atoms with Crippen LogP contribution in [0.5, 0.6) is 0 Å². The summed E-state index contributed by atoms with van der Waals surface area (Å²) >= 11 is 0. The fraction of sp³-hybridized carbons (Fsp3) is 0.778. The number of β-lactam (4-membered cyclic amide) rings is 1. The van der Waals surface area contributed by atoms with Gasteiger partial charge in [-0.25, -0.2) is 4.79 Å². The molecule has 1 spiro atoms. The Hall–Kier alpha value is -2.32. The lowest BCUT2D eigenvalue weighted by Gasteiger charge is -2.54. The van der Waals surface area contributed by atoms with Gasteiger partial charge in [-0.1, -0.05) is 0 Å². The molecule has 1 heterocycles. The van der Waals surface area contributed by atoms with E-state index in [4.69, 9.17) is 16.2 Å². The molecule has 0 bridgehead atoms. The monoisotopic (exact) mass is 382 g/mol. The Labute approximate surface area is 159 Å². The van der Waals surface area contributed by atoms with Crippen molar-refractivity contribution in [1.29, 1.82) is 0 Å². The molecule has 27 heavy (non-hydrogen) atoms. The van der Waals surface area contributed by atoms with Crippen molar-refractivity contribution in [3.05, 3.63) is 0 Å². The van der Waals surface area contributed by atoms with Crippen LogP contribution in [0.1, 0.15) is 59.3 Å². The number of nitrogens with two attached hydrogens (primary N) is 2. The van der Waals surface area contributed by atoms with Crippen molar-refractivity contribution >= 4 is 23.8 Å². The molecule has 9 heteroatoms. The van der Waals surface area contributed by atoms with Crippen LogP contribution in [-0.4, -0.2) is 52.9 Å². The molecule has 1 saturated heterocycles. The number of amides is 4. The van der Waals surface area contributed by atoms with Gasteiger partial charge in [-0.3, -0.25) is 14.4 Å². The van der Waals surface area contributed by atoms with Gasteiger partial charge in [0.15, 0.2) is 0 Å². The van der Waals surface area contributed by atoms with E-state index in [1.807, 2.05) is 0 Å². The standard InChI is InChI=1S/C18H30N4O5/c1-17(2,3)27-16(26)21-11-6-8-18(9-7-11)10-22(15(18)25)12(14(20)24)4-5-13(19)23/h11-12H,4-10H2,1-3H3,(H2,19,23)(H2,20,24)(H,21,26). The van der Waals surface area contributed by atoms with Crippen LogP contribution in [0.3, 0.4) is 0 Å². The number of alkyl carbamates (subject to hydrolysis) is 1. The molecule has 2 fully saturated rings. The first-order chi connectivity index (χ1) is 12.4. The lowest BCUT2D eigenvalue weighted by molar-refractivity contribution is -0.171. The molecule has 9 nitrogen and oxygen atoms in total. The first kappa shape index (κ1) is 21.0. The molecular formula is C18H30N4O5. The van der Waals surface area contributed by atoms with E-state index in [1.54, 1.807) is 20.8 Å². The number of carbonyl (C=O) groups is 4. The number of nitrogens with zero attached hydrogens (tertiary/aromatic N) is 1. The lowest BCUT2D eigenvalue weighted by Crippen LogP contribution is -2.68. The quantitative estimate of drug-likeness (QED) is 0.569. The van der Waals surface area contributed by atoms with Gasteiger partial charge < -0.3 is 26.4 Å². The van der Waals surface area contributed by atoms with Crippen LogP contribution < -0.4 is 16.8 Å². The molecule has 0 radical (unpaired) electrons. The third kappa shape index (κ3) is 5.11. The maximum atomic E-state index is 12.7. The van der Waals surface area contributed by atoms with Crippen molar-refractivity contribution in [2.75, 3.05) is 6.54 Å². The Morgan fingerprint density at radius 3 is 2.30 bits per heavy atom. The van der Waals surface area contributed by atoms with Gasteiger partial charge in [0.1, 0.15) is 11.6 Å². The molecule has 4 amide bonds. The maximum Gasteiger partial charge on any atom is 0.407 e. The summed E-state index contributed by atoms with van der Waals surface area (Å²) in [6.07, 6.45) is 2.30. The van der Waals surface area contributed by atoms with E-state index in [-0.39, 0.29) is 24.8 Å². The van der Waals surface area contributed by atoms with Gasteiger partial charge in [0.25, 0.3) is 0 Å². The van der Waals surface area contributed by atoms with E-state index >= 15 is 0 Å². The average Bonchev–Trinajstić information content (AvgIpc) is 2.53. The zero-order valence-electron chi connectivity index (χ0n) is 16.2. The smallest absolute Gasteiger partial charge is 0.407 e. The second kappa shape index (κ2) is 7.74. The highest BCUT2D eigenvalue weighted by molar-refractivity contribution is 5.94. The summed E-state index contributed by atoms with van der Waals surface area (Å²) in [5, 5.41) is 2.85. The summed E-state index contributed by atoms with van der Waals surface area (Å²) < 4.78 is 5.26. The van der Waals surface area contributed by atoms with Gasteiger partial charge >= 0.3 is 6.09 Å². The predicted octanol–water partition coefficient (Wildman–Crippen LogP) is 0.402. The second-order valence-electron chi connectivity index (χ2n) is 8.56. The Balaban J connectivity index is 1.87. The molecule has 2 rings (SSSR count). The van der Waals surface area contributed by atoms with E-state index < -0.39 is 35.0 Å². The van der Waals surface area contributed by atoms with Crippen molar-refractivity contribution < 1.29 is 23.9 Å². The largest absolute Gasteiger partial charge is 0.444 e. The van der Waals surface area contributed by atoms with Gasteiger partial charge in [-0.15, -0.1) is 0 Å². The van der Waals surface area contributed by atoms with Gasteiger partial charge in [0.05, 0.1) is 5.41 Å². The molecule has 2 aliphatic rings. The summed E-state index contributed by atoms with van der Waals surface area (Å²) in [7, 11) is 0. The molecule has 5 N–H and O–H groups in total. The van der Waals surface area contributed by atoms with E-state index in [0.29, 0.717) is 32.2 Å². The van der Waals surface area contributed by atoms with Crippen LogP contribution >= 0.6 is 0 Å². The Bertz CT molecular complexity index is 620. The minimum Gasteiger partial charge on any atom is -0.444 e. The van der Waals surface area contributed by atoms with E-state index in [9.17, 15) is 19.2 Å². The first-order valence-corrected chi connectivity index (χ1v) is 9.32. The van der Waals surface area contributed by atoms with Gasteiger partial charge in [0.2, 0.25) is 17.7 Å². The Morgan fingerprint density at radius 1 is 1.26 bits per heavy atom. The molecule has 1 aliphatic heterocycles. The SMILES string of the molecule is CC(C)(C)OC(=O)NC1CCC2(CC1)CN(C(CCC(N)=O)C(N)=O)C2=O. The van der Waals surface area contributed by atoms with Crippen LogP contribution in [0.4, 0.5) is 4.79 Å². The topological polar surface area (TPSA) is 145 Å². The molecule has 1 aliphatic carbocycles. The average molecular weight is 382 g/mol. The summed E-state index contributed by atoms with van der Waals surface area (Å²) in [6, 6.07) is -0.831. The lowest BCUT2D eigenvalue weighted by atomic mass is 9.66. The summed E-state index contributed by atoms with van der Waals surface area (Å²) in [5.41, 5.74) is 9.47. The number of ether oxygens (including phenoxy) is 1.